The van der Waals surface area contributed by atoms with Crippen molar-refractivity contribution in [2.24, 2.45) is 5.92 Å². The fourth-order valence-electron chi connectivity index (χ4n) is 2.03. The molecule has 0 fully saturated rings. The molecular formula is C16H20N2OS. The summed E-state index contributed by atoms with van der Waals surface area (Å²) in [6.07, 6.45) is 0.776. The van der Waals surface area contributed by atoms with Gasteiger partial charge < -0.3 is 4.98 Å². The van der Waals surface area contributed by atoms with E-state index in [1.165, 1.54) is 5.56 Å². The molecule has 1 heterocycles. The second-order valence-electron chi connectivity index (χ2n) is 5.31. The lowest BCUT2D eigenvalue weighted by Crippen LogP contribution is -2.18. The van der Waals surface area contributed by atoms with Crippen LogP contribution in [0.25, 0.3) is 0 Å². The molecular weight excluding hydrogens is 268 g/mol. The number of rotatable bonds is 5. The Kier molecular flexibility index (Phi) is 5.01. The first-order chi connectivity index (χ1) is 9.56. The molecule has 0 spiro atoms. The Bertz CT molecular complexity index is 620. The summed E-state index contributed by atoms with van der Waals surface area (Å²) in [4.78, 5) is 19.5. The highest BCUT2D eigenvalue weighted by molar-refractivity contribution is 7.98. The fraction of sp³-hybridized carbons (Fsp3) is 0.375. The maximum atomic E-state index is 12.1. The number of nitrogens with zero attached hydrogens (tertiary/aromatic N) is 1. The van der Waals surface area contributed by atoms with Gasteiger partial charge in [-0.25, -0.2) is 4.98 Å². The molecule has 0 saturated carbocycles. The molecule has 0 bridgehead atoms. The van der Waals surface area contributed by atoms with Gasteiger partial charge in [0.15, 0.2) is 5.16 Å². The van der Waals surface area contributed by atoms with Crippen molar-refractivity contribution >= 4 is 11.8 Å². The summed E-state index contributed by atoms with van der Waals surface area (Å²) in [5, 5.41) is 0.698. The largest absolute Gasteiger partial charge is 0.301 e. The van der Waals surface area contributed by atoms with Crippen molar-refractivity contribution in [1.82, 2.24) is 9.97 Å². The van der Waals surface area contributed by atoms with Crippen molar-refractivity contribution in [3.05, 3.63) is 57.5 Å². The molecule has 0 saturated heterocycles. The van der Waals surface area contributed by atoms with Crippen molar-refractivity contribution in [2.45, 2.75) is 38.1 Å². The number of aromatic amines is 1. The predicted octanol–water partition coefficient (Wildman–Crippen LogP) is 3.57. The number of thioether (sulfide) groups is 1. The van der Waals surface area contributed by atoms with Crippen LogP contribution in [-0.2, 0) is 12.2 Å². The minimum absolute atomic E-state index is 0.00163. The highest BCUT2D eigenvalue weighted by atomic mass is 32.2. The van der Waals surface area contributed by atoms with Crippen LogP contribution < -0.4 is 5.56 Å². The van der Waals surface area contributed by atoms with Gasteiger partial charge in [-0.1, -0.05) is 55.9 Å². The number of aryl methyl sites for hydroxylation is 1. The van der Waals surface area contributed by atoms with Crippen molar-refractivity contribution in [3.63, 3.8) is 0 Å². The van der Waals surface area contributed by atoms with Gasteiger partial charge in [-0.2, -0.15) is 0 Å². The number of hydrogen-bond acceptors (Lipinski definition) is 3. The Labute approximate surface area is 123 Å². The van der Waals surface area contributed by atoms with Crippen LogP contribution in [0.3, 0.4) is 0 Å². The standard InChI is InChI=1S/C16H20N2OS/c1-11(2)9-14-12(3)17-16(18-15(14)19)20-10-13-7-5-4-6-8-13/h4-8,11H,9-10H2,1-3H3,(H,17,18,19). The van der Waals surface area contributed by atoms with E-state index in [1.54, 1.807) is 11.8 Å². The molecule has 0 aliphatic carbocycles. The second-order valence-corrected chi connectivity index (χ2v) is 6.27. The highest BCUT2D eigenvalue weighted by Crippen LogP contribution is 2.19. The average molecular weight is 288 g/mol. The third-order valence-electron chi connectivity index (χ3n) is 3.03. The van der Waals surface area contributed by atoms with Gasteiger partial charge in [-0.3, -0.25) is 4.79 Å². The second kappa shape index (κ2) is 6.75. The van der Waals surface area contributed by atoms with Crippen molar-refractivity contribution in [3.8, 4) is 0 Å². The van der Waals surface area contributed by atoms with Gasteiger partial charge in [0.05, 0.1) is 0 Å². The summed E-state index contributed by atoms with van der Waals surface area (Å²) in [5.74, 6) is 1.27. The molecule has 0 amide bonds. The number of H-pyrrole nitrogens is 1. The van der Waals surface area contributed by atoms with E-state index in [0.29, 0.717) is 11.1 Å². The van der Waals surface area contributed by atoms with Gasteiger partial charge in [-0.05, 0) is 24.8 Å². The van der Waals surface area contributed by atoms with Gasteiger partial charge in [0, 0.05) is 17.0 Å². The van der Waals surface area contributed by atoms with E-state index < -0.39 is 0 Å². The fourth-order valence-corrected chi connectivity index (χ4v) is 2.89. The number of aromatic nitrogens is 2. The van der Waals surface area contributed by atoms with Crippen LogP contribution in [0.2, 0.25) is 0 Å². The molecule has 2 aromatic rings. The SMILES string of the molecule is Cc1nc(SCc2ccccc2)[nH]c(=O)c1CC(C)C. The molecule has 4 heteroatoms. The minimum Gasteiger partial charge on any atom is -0.301 e. The lowest BCUT2D eigenvalue weighted by molar-refractivity contribution is 0.632. The molecule has 2 rings (SSSR count). The van der Waals surface area contributed by atoms with Gasteiger partial charge in [-0.15, -0.1) is 0 Å². The van der Waals surface area contributed by atoms with E-state index in [0.717, 1.165) is 23.4 Å². The van der Waals surface area contributed by atoms with Gasteiger partial charge in [0.2, 0.25) is 0 Å². The number of nitrogens with one attached hydrogen (secondary N) is 1. The lowest BCUT2D eigenvalue weighted by atomic mass is 10.0. The van der Waals surface area contributed by atoms with E-state index in [4.69, 9.17) is 0 Å². The van der Waals surface area contributed by atoms with Crippen LogP contribution in [0.4, 0.5) is 0 Å². The normalized spacial score (nSPS) is 11.0. The maximum Gasteiger partial charge on any atom is 0.254 e. The topological polar surface area (TPSA) is 45.8 Å². The summed E-state index contributed by atoms with van der Waals surface area (Å²) in [6, 6.07) is 10.2. The summed E-state index contributed by atoms with van der Waals surface area (Å²) in [7, 11) is 0. The van der Waals surface area contributed by atoms with Crippen LogP contribution >= 0.6 is 11.8 Å². The van der Waals surface area contributed by atoms with Crippen LogP contribution in [0.5, 0.6) is 0 Å². The highest BCUT2D eigenvalue weighted by Gasteiger charge is 2.10. The Morgan fingerprint density at radius 2 is 1.95 bits per heavy atom. The van der Waals surface area contributed by atoms with E-state index in [2.05, 4.69) is 35.9 Å². The van der Waals surface area contributed by atoms with E-state index in [9.17, 15) is 4.79 Å². The molecule has 0 aliphatic rings. The van der Waals surface area contributed by atoms with Crippen molar-refractivity contribution in [2.75, 3.05) is 0 Å². The van der Waals surface area contributed by atoms with Gasteiger partial charge in [0.1, 0.15) is 0 Å². The summed E-state index contributed by atoms with van der Waals surface area (Å²) in [6.45, 7) is 6.13. The molecule has 0 unspecified atom stereocenters. The molecule has 1 aromatic heterocycles. The Morgan fingerprint density at radius 3 is 2.55 bits per heavy atom. The maximum absolute atomic E-state index is 12.1. The zero-order valence-corrected chi connectivity index (χ0v) is 13.0. The Balaban J connectivity index is 2.12. The minimum atomic E-state index is 0.00163. The van der Waals surface area contributed by atoms with E-state index >= 15 is 0 Å². The number of hydrogen-bond donors (Lipinski definition) is 1. The number of benzene rings is 1. The summed E-state index contributed by atoms with van der Waals surface area (Å²) < 4.78 is 0. The molecule has 20 heavy (non-hydrogen) atoms. The van der Waals surface area contributed by atoms with E-state index in [1.807, 2.05) is 25.1 Å². The van der Waals surface area contributed by atoms with Crippen LogP contribution in [0.1, 0.15) is 30.7 Å². The first-order valence-electron chi connectivity index (χ1n) is 6.82. The lowest BCUT2D eigenvalue weighted by Gasteiger charge is -2.08. The van der Waals surface area contributed by atoms with Crippen molar-refractivity contribution in [1.29, 1.82) is 0 Å². The van der Waals surface area contributed by atoms with Crippen molar-refractivity contribution < 1.29 is 0 Å². The molecule has 0 atom stereocenters. The van der Waals surface area contributed by atoms with Gasteiger partial charge in [0.25, 0.3) is 5.56 Å². The molecule has 0 radical (unpaired) electrons. The van der Waals surface area contributed by atoms with Crippen LogP contribution in [0, 0.1) is 12.8 Å². The van der Waals surface area contributed by atoms with Crippen LogP contribution in [0.15, 0.2) is 40.3 Å². The monoisotopic (exact) mass is 288 g/mol. The summed E-state index contributed by atoms with van der Waals surface area (Å²) in [5.41, 5.74) is 2.88. The molecule has 106 valence electrons. The third kappa shape index (κ3) is 3.97. The Morgan fingerprint density at radius 1 is 1.25 bits per heavy atom. The average Bonchev–Trinajstić information content (AvgIpc) is 2.41. The van der Waals surface area contributed by atoms with E-state index in [-0.39, 0.29) is 5.56 Å². The molecule has 0 aliphatic heterocycles. The molecule has 1 aromatic carbocycles. The first kappa shape index (κ1) is 14.9. The first-order valence-corrected chi connectivity index (χ1v) is 7.81. The predicted molar refractivity (Wildman–Crippen MR) is 84.1 cm³/mol. The zero-order chi connectivity index (χ0) is 14.5. The summed E-state index contributed by atoms with van der Waals surface area (Å²) >= 11 is 1.56. The third-order valence-corrected chi connectivity index (χ3v) is 3.98. The quantitative estimate of drug-likeness (QED) is 0.676. The van der Waals surface area contributed by atoms with Crippen LogP contribution in [-0.4, -0.2) is 9.97 Å². The zero-order valence-electron chi connectivity index (χ0n) is 12.1. The Hall–Kier alpha value is -1.55. The van der Waals surface area contributed by atoms with Gasteiger partial charge >= 0.3 is 0 Å². The molecule has 1 N–H and O–H groups in total. The smallest absolute Gasteiger partial charge is 0.254 e. The molecule has 3 nitrogen and oxygen atoms in total.